The molecule has 116 valence electrons. The van der Waals surface area contributed by atoms with Crippen molar-refractivity contribution in [3.63, 3.8) is 0 Å². The van der Waals surface area contributed by atoms with Gasteiger partial charge in [-0.1, -0.05) is 30.3 Å². The van der Waals surface area contributed by atoms with Gasteiger partial charge >= 0.3 is 0 Å². The van der Waals surface area contributed by atoms with Gasteiger partial charge in [0.2, 0.25) is 10.0 Å². The number of halogens is 1. The van der Waals surface area contributed by atoms with Crippen LogP contribution < -0.4 is 10.0 Å². The molecule has 0 aliphatic carbocycles. The van der Waals surface area contributed by atoms with Crippen molar-refractivity contribution in [3.8, 4) is 0 Å². The number of carbonyl (C=O) groups excluding carboxylic acids is 1. The third-order valence-electron chi connectivity index (χ3n) is 2.87. The van der Waals surface area contributed by atoms with Gasteiger partial charge in [-0.15, -0.1) is 0 Å². The third kappa shape index (κ3) is 4.40. The molecule has 0 fully saturated rings. The molecular weight excluding hydrogens is 368 g/mol. The van der Waals surface area contributed by atoms with E-state index in [9.17, 15) is 13.2 Å². The molecule has 0 aliphatic rings. The fourth-order valence-electron chi connectivity index (χ4n) is 1.78. The first kappa shape index (κ1) is 16.7. The van der Waals surface area contributed by atoms with Gasteiger partial charge in [0.25, 0.3) is 5.91 Å². The van der Waals surface area contributed by atoms with Crippen molar-refractivity contribution in [1.82, 2.24) is 10.0 Å². The number of carbonyl (C=O) groups is 1. The number of benzene rings is 2. The summed E-state index contributed by atoms with van der Waals surface area (Å²) in [7, 11) is -3.54. The fourth-order valence-corrected chi connectivity index (χ4v) is 3.30. The van der Waals surface area contributed by atoms with Gasteiger partial charge in [-0.25, -0.2) is 13.1 Å². The molecule has 2 aromatic rings. The van der Waals surface area contributed by atoms with Gasteiger partial charge < -0.3 is 5.32 Å². The molecule has 5 nitrogen and oxygen atoms in total. The van der Waals surface area contributed by atoms with E-state index in [1.807, 2.05) is 6.07 Å². The van der Waals surface area contributed by atoms with E-state index in [-0.39, 0.29) is 23.9 Å². The monoisotopic (exact) mass is 382 g/mol. The zero-order valence-corrected chi connectivity index (χ0v) is 14.0. The van der Waals surface area contributed by atoms with Gasteiger partial charge in [0.05, 0.1) is 10.5 Å². The summed E-state index contributed by atoms with van der Waals surface area (Å²) in [5, 5.41) is 2.67. The molecule has 0 unspecified atom stereocenters. The Kier molecular flexibility index (Phi) is 5.70. The maximum absolute atomic E-state index is 12.0. The molecule has 0 spiro atoms. The average molecular weight is 383 g/mol. The van der Waals surface area contributed by atoms with Crippen molar-refractivity contribution < 1.29 is 13.2 Å². The summed E-state index contributed by atoms with van der Waals surface area (Å²) in [5.41, 5.74) is 0.508. The highest BCUT2D eigenvalue weighted by Gasteiger charge is 2.13. The Morgan fingerprint density at radius 2 is 1.59 bits per heavy atom. The summed E-state index contributed by atoms with van der Waals surface area (Å²) in [5.74, 6) is -0.258. The standard InChI is InChI=1S/C15H15BrN2O3S/c16-14-9-5-4-8-13(14)15(19)17-10-11-18-22(20,21)12-6-2-1-3-7-12/h1-9,18H,10-11H2,(H,17,19). The smallest absolute Gasteiger partial charge is 0.252 e. The zero-order valence-electron chi connectivity index (χ0n) is 11.6. The lowest BCUT2D eigenvalue weighted by molar-refractivity contribution is 0.0953. The van der Waals surface area contributed by atoms with E-state index in [1.165, 1.54) is 12.1 Å². The molecule has 7 heteroatoms. The first-order valence-corrected chi connectivity index (χ1v) is 8.86. The summed E-state index contributed by atoms with van der Waals surface area (Å²) >= 11 is 3.30. The van der Waals surface area contributed by atoms with Crippen molar-refractivity contribution in [2.24, 2.45) is 0 Å². The van der Waals surface area contributed by atoms with Crippen LogP contribution in [0.4, 0.5) is 0 Å². The lowest BCUT2D eigenvalue weighted by Gasteiger charge is -2.08. The van der Waals surface area contributed by atoms with Gasteiger partial charge in [-0.2, -0.15) is 0 Å². The number of amides is 1. The van der Waals surface area contributed by atoms with Crippen LogP contribution in [0.25, 0.3) is 0 Å². The van der Waals surface area contributed by atoms with Crippen LogP contribution in [0.3, 0.4) is 0 Å². The van der Waals surface area contributed by atoms with E-state index in [0.717, 1.165) is 0 Å². The van der Waals surface area contributed by atoms with E-state index >= 15 is 0 Å². The summed E-state index contributed by atoms with van der Waals surface area (Å²) in [6, 6.07) is 15.1. The molecule has 0 aromatic heterocycles. The predicted molar refractivity (Wildman–Crippen MR) is 88.1 cm³/mol. The van der Waals surface area contributed by atoms with Crippen LogP contribution in [0.5, 0.6) is 0 Å². The lowest BCUT2D eigenvalue weighted by Crippen LogP contribution is -2.34. The Morgan fingerprint density at radius 1 is 0.955 bits per heavy atom. The maximum atomic E-state index is 12.0. The van der Waals surface area contributed by atoms with E-state index in [1.54, 1.807) is 36.4 Å². The van der Waals surface area contributed by atoms with E-state index in [2.05, 4.69) is 26.0 Å². The lowest BCUT2D eigenvalue weighted by atomic mass is 10.2. The van der Waals surface area contributed by atoms with Gasteiger partial charge in [0, 0.05) is 17.6 Å². The number of hydrogen-bond acceptors (Lipinski definition) is 3. The minimum absolute atomic E-state index is 0.118. The first-order chi connectivity index (χ1) is 10.5. The van der Waals surface area contributed by atoms with Crippen LogP contribution in [0, 0.1) is 0 Å². The van der Waals surface area contributed by atoms with Crippen molar-refractivity contribution in [2.45, 2.75) is 4.90 Å². The minimum Gasteiger partial charge on any atom is -0.351 e. The number of rotatable bonds is 6. The number of hydrogen-bond donors (Lipinski definition) is 2. The average Bonchev–Trinajstić information content (AvgIpc) is 2.53. The Morgan fingerprint density at radius 3 is 2.27 bits per heavy atom. The normalized spacial score (nSPS) is 11.1. The van der Waals surface area contributed by atoms with Crippen molar-refractivity contribution in [1.29, 1.82) is 0 Å². The molecule has 2 aromatic carbocycles. The molecule has 0 radical (unpaired) electrons. The van der Waals surface area contributed by atoms with Crippen LogP contribution in [0.1, 0.15) is 10.4 Å². The summed E-state index contributed by atoms with van der Waals surface area (Å²) in [6.07, 6.45) is 0. The molecule has 2 N–H and O–H groups in total. The molecule has 0 saturated heterocycles. The summed E-state index contributed by atoms with van der Waals surface area (Å²) in [4.78, 5) is 12.1. The molecule has 0 aliphatic heterocycles. The quantitative estimate of drug-likeness (QED) is 0.751. The highest BCUT2D eigenvalue weighted by atomic mass is 79.9. The predicted octanol–water partition coefficient (Wildman–Crippen LogP) is 2.16. The van der Waals surface area contributed by atoms with E-state index < -0.39 is 10.0 Å². The zero-order chi connectivity index (χ0) is 16.0. The van der Waals surface area contributed by atoms with Gasteiger partial charge in [0.1, 0.15) is 0 Å². The topological polar surface area (TPSA) is 75.3 Å². The van der Waals surface area contributed by atoms with Crippen molar-refractivity contribution >= 4 is 31.9 Å². The maximum Gasteiger partial charge on any atom is 0.252 e. The van der Waals surface area contributed by atoms with Gasteiger partial charge in [-0.3, -0.25) is 4.79 Å². The summed E-state index contributed by atoms with van der Waals surface area (Å²) < 4.78 is 27.1. The minimum atomic E-state index is -3.54. The second-order valence-electron chi connectivity index (χ2n) is 4.45. The highest BCUT2D eigenvalue weighted by molar-refractivity contribution is 9.10. The van der Waals surface area contributed by atoms with Crippen LogP contribution in [0.2, 0.25) is 0 Å². The van der Waals surface area contributed by atoms with Crippen molar-refractivity contribution in [2.75, 3.05) is 13.1 Å². The summed E-state index contributed by atoms with van der Waals surface area (Å²) in [6.45, 7) is 0.319. The third-order valence-corrected chi connectivity index (χ3v) is 5.04. The second-order valence-corrected chi connectivity index (χ2v) is 7.07. The van der Waals surface area contributed by atoms with E-state index in [4.69, 9.17) is 0 Å². The highest BCUT2D eigenvalue weighted by Crippen LogP contribution is 2.15. The molecule has 0 saturated carbocycles. The Bertz CT molecular complexity index is 748. The first-order valence-electron chi connectivity index (χ1n) is 6.58. The van der Waals surface area contributed by atoms with Crippen LogP contribution in [-0.4, -0.2) is 27.4 Å². The second kappa shape index (κ2) is 7.53. The van der Waals surface area contributed by atoms with Crippen molar-refractivity contribution in [3.05, 3.63) is 64.6 Å². The molecule has 0 heterocycles. The fraction of sp³-hybridized carbons (Fsp3) is 0.133. The van der Waals surface area contributed by atoms with E-state index in [0.29, 0.717) is 10.0 Å². The Balaban J connectivity index is 1.85. The molecular formula is C15H15BrN2O3S. The molecule has 2 rings (SSSR count). The van der Waals surface area contributed by atoms with Crippen LogP contribution in [-0.2, 0) is 10.0 Å². The number of nitrogens with one attached hydrogen (secondary N) is 2. The SMILES string of the molecule is O=C(NCCNS(=O)(=O)c1ccccc1)c1ccccc1Br. The Labute approximate surface area is 137 Å². The van der Waals surface area contributed by atoms with Gasteiger partial charge in [-0.05, 0) is 40.2 Å². The molecule has 0 atom stereocenters. The van der Waals surface area contributed by atoms with Gasteiger partial charge in [0.15, 0.2) is 0 Å². The number of sulfonamides is 1. The molecule has 0 bridgehead atoms. The molecule has 22 heavy (non-hydrogen) atoms. The van der Waals surface area contributed by atoms with Crippen LogP contribution in [0.15, 0.2) is 64.0 Å². The molecule has 1 amide bonds. The Hall–Kier alpha value is -1.70. The largest absolute Gasteiger partial charge is 0.351 e. The van der Waals surface area contributed by atoms with Crippen LogP contribution >= 0.6 is 15.9 Å².